The molecular weight excluding hydrogens is 158 g/mol. The fraction of sp³-hybridized carbons (Fsp3) is 0.500. The van der Waals surface area contributed by atoms with E-state index in [0.29, 0.717) is 11.3 Å². The van der Waals surface area contributed by atoms with Gasteiger partial charge in [-0.15, -0.1) is 0 Å². The summed E-state index contributed by atoms with van der Waals surface area (Å²) >= 11 is 0. The normalized spacial score (nSPS) is 24.4. The molecule has 0 heterocycles. The second-order valence-electron chi connectivity index (χ2n) is 4.70. The van der Waals surface area contributed by atoms with Crippen LogP contribution in [0, 0.1) is 5.92 Å². The highest BCUT2D eigenvalue weighted by atomic mass is 14.6. The Morgan fingerprint density at radius 3 is 2.69 bits per heavy atom. The van der Waals surface area contributed by atoms with Gasteiger partial charge in [-0.1, -0.05) is 32.9 Å². The van der Waals surface area contributed by atoms with Gasteiger partial charge in [0.1, 0.15) is 0 Å². The Labute approximate surface area is 80.0 Å². The first-order chi connectivity index (χ1) is 6.03. The lowest BCUT2D eigenvalue weighted by Gasteiger charge is -2.24. The molecule has 1 nitrogen and oxygen atoms in total. The molecule has 1 aromatic carbocycles. The summed E-state index contributed by atoms with van der Waals surface area (Å²) in [6.07, 6.45) is 1.13. The zero-order valence-electron chi connectivity index (χ0n) is 8.59. The van der Waals surface area contributed by atoms with Crippen LogP contribution in [0.1, 0.15) is 31.9 Å². The minimum Gasteiger partial charge on any atom is -0.398 e. The zero-order chi connectivity index (χ0) is 9.64. The predicted molar refractivity (Wildman–Crippen MR) is 56.7 cm³/mol. The first-order valence-electron chi connectivity index (χ1n) is 4.91. The van der Waals surface area contributed by atoms with Crippen molar-refractivity contribution in [2.24, 2.45) is 5.92 Å². The lowest BCUT2D eigenvalue weighted by Crippen LogP contribution is -2.21. The summed E-state index contributed by atoms with van der Waals surface area (Å²) < 4.78 is 0. The van der Waals surface area contributed by atoms with Crippen LogP contribution in [-0.2, 0) is 11.8 Å². The van der Waals surface area contributed by atoms with Gasteiger partial charge in [0.15, 0.2) is 0 Å². The molecule has 1 aliphatic carbocycles. The Morgan fingerprint density at radius 2 is 2.08 bits per heavy atom. The second-order valence-corrected chi connectivity index (χ2v) is 4.70. The maximum Gasteiger partial charge on any atom is 0.0349 e. The maximum atomic E-state index is 5.96. The molecule has 70 valence electrons. The molecule has 0 saturated heterocycles. The molecule has 1 unspecified atom stereocenters. The number of anilines is 1. The van der Waals surface area contributed by atoms with Gasteiger partial charge in [-0.2, -0.15) is 0 Å². The molecule has 0 amide bonds. The number of nitrogens with two attached hydrogens (primary N) is 1. The van der Waals surface area contributed by atoms with Crippen LogP contribution in [0.4, 0.5) is 5.69 Å². The number of fused-ring (bicyclic) bond motifs is 1. The van der Waals surface area contributed by atoms with Crippen molar-refractivity contribution in [3.8, 4) is 0 Å². The molecule has 1 atom stereocenters. The van der Waals surface area contributed by atoms with Crippen LogP contribution in [-0.4, -0.2) is 0 Å². The summed E-state index contributed by atoms with van der Waals surface area (Å²) in [7, 11) is 0. The SMILES string of the molecule is CC1Cc2c(N)cccc2C1(C)C. The molecular formula is C12H17N. The van der Waals surface area contributed by atoms with Crippen LogP contribution in [0.5, 0.6) is 0 Å². The fourth-order valence-corrected chi connectivity index (χ4v) is 2.26. The minimum atomic E-state index is 0.296. The number of benzene rings is 1. The zero-order valence-corrected chi connectivity index (χ0v) is 8.59. The summed E-state index contributed by atoms with van der Waals surface area (Å²) in [6, 6.07) is 6.29. The molecule has 1 aromatic rings. The van der Waals surface area contributed by atoms with Crippen molar-refractivity contribution >= 4 is 5.69 Å². The van der Waals surface area contributed by atoms with Gasteiger partial charge in [-0.25, -0.2) is 0 Å². The first kappa shape index (κ1) is 8.61. The third-order valence-corrected chi connectivity index (χ3v) is 3.65. The summed E-state index contributed by atoms with van der Waals surface area (Å²) in [5.74, 6) is 0.701. The number of rotatable bonds is 0. The van der Waals surface area contributed by atoms with Gasteiger partial charge >= 0.3 is 0 Å². The van der Waals surface area contributed by atoms with Crippen molar-refractivity contribution in [2.75, 3.05) is 5.73 Å². The van der Waals surface area contributed by atoms with Crippen LogP contribution < -0.4 is 5.73 Å². The van der Waals surface area contributed by atoms with Gasteiger partial charge in [-0.05, 0) is 34.9 Å². The van der Waals surface area contributed by atoms with E-state index < -0.39 is 0 Å². The van der Waals surface area contributed by atoms with E-state index in [1.165, 1.54) is 11.1 Å². The van der Waals surface area contributed by atoms with Crippen molar-refractivity contribution in [1.82, 2.24) is 0 Å². The molecule has 2 N–H and O–H groups in total. The Morgan fingerprint density at radius 1 is 1.38 bits per heavy atom. The van der Waals surface area contributed by atoms with Gasteiger partial charge in [0.25, 0.3) is 0 Å². The third-order valence-electron chi connectivity index (χ3n) is 3.65. The summed E-state index contributed by atoms with van der Waals surface area (Å²) in [4.78, 5) is 0. The Balaban J connectivity index is 2.61. The van der Waals surface area contributed by atoms with E-state index in [4.69, 9.17) is 5.73 Å². The largest absolute Gasteiger partial charge is 0.398 e. The fourth-order valence-electron chi connectivity index (χ4n) is 2.26. The van der Waals surface area contributed by atoms with Gasteiger partial charge in [-0.3, -0.25) is 0 Å². The molecule has 1 aliphatic rings. The van der Waals surface area contributed by atoms with Crippen LogP contribution in [0.3, 0.4) is 0 Å². The first-order valence-corrected chi connectivity index (χ1v) is 4.91. The highest BCUT2D eigenvalue weighted by Crippen LogP contribution is 2.44. The molecule has 13 heavy (non-hydrogen) atoms. The molecule has 1 heteroatoms. The van der Waals surface area contributed by atoms with Crippen LogP contribution in [0.25, 0.3) is 0 Å². The van der Waals surface area contributed by atoms with E-state index in [-0.39, 0.29) is 0 Å². The molecule has 0 bridgehead atoms. The number of hydrogen-bond acceptors (Lipinski definition) is 1. The Kier molecular flexibility index (Phi) is 1.66. The number of hydrogen-bond donors (Lipinski definition) is 1. The molecule has 0 aliphatic heterocycles. The van der Waals surface area contributed by atoms with Crippen LogP contribution in [0.15, 0.2) is 18.2 Å². The predicted octanol–water partition coefficient (Wildman–Crippen LogP) is 2.74. The van der Waals surface area contributed by atoms with Crippen molar-refractivity contribution in [3.63, 3.8) is 0 Å². The molecule has 0 saturated carbocycles. The monoisotopic (exact) mass is 175 g/mol. The molecule has 0 radical (unpaired) electrons. The van der Waals surface area contributed by atoms with Crippen molar-refractivity contribution in [3.05, 3.63) is 29.3 Å². The van der Waals surface area contributed by atoms with E-state index in [1.807, 2.05) is 6.07 Å². The van der Waals surface area contributed by atoms with Crippen LogP contribution >= 0.6 is 0 Å². The highest BCUT2D eigenvalue weighted by Gasteiger charge is 2.36. The van der Waals surface area contributed by atoms with Gasteiger partial charge in [0.2, 0.25) is 0 Å². The topological polar surface area (TPSA) is 26.0 Å². The van der Waals surface area contributed by atoms with E-state index in [0.717, 1.165) is 12.1 Å². The quantitative estimate of drug-likeness (QED) is 0.603. The van der Waals surface area contributed by atoms with Gasteiger partial charge < -0.3 is 5.73 Å². The van der Waals surface area contributed by atoms with Crippen molar-refractivity contribution in [2.45, 2.75) is 32.6 Å². The van der Waals surface area contributed by atoms with Crippen molar-refractivity contribution in [1.29, 1.82) is 0 Å². The lowest BCUT2D eigenvalue weighted by molar-refractivity contribution is 0.379. The van der Waals surface area contributed by atoms with E-state index in [1.54, 1.807) is 0 Å². The summed E-state index contributed by atoms with van der Waals surface area (Å²) in [5, 5.41) is 0. The minimum absolute atomic E-state index is 0.296. The maximum absolute atomic E-state index is 5.96. The van der Waals surface area contributed by atoms with E-state index in [2.05, 4.69) is 32.9 Å². The van der Waals surface area contributed by atoms with E-state index in [9.17, 15) is 0 Å². The molecule has 0 aromatic heterocycles. The third kappa shape index (κ3) is 1.06. The summed E-state index contributed by atoms with van der Waals surface area (Å²) in [6.45, 7) is 6.92. The lowest BCUT2D eigenvalue weighted by atomic mass is 9.80. The number of nitrogen functional groups attached to an aromatic ring is 1. The summed E-state index contributed by atoms with van der Waals surface area (Å²) in [5.41, 5.74) is 10.0. The average Bonchev–Trinajstić information content (AvgIpc) is 2.28. The highest BCUT2D eigenvalue weighted by molar-refractivity contribution is 5.56. The van der Waals surface area contributed by atoms with E-state index >= 15 is 0 Å². The Hall–Kier alpha value is -0.980. The standard InChI is InChI=1S/C12H17N/c1-8-7-9-10(12(8,2)3)5-4-6-11(9)13/h4-6,8H,7,13H2,1-3H3. The molecule has 0 spiro atoms. The second kappa shape index (κ2) is 2.50. The average molecular weight is 175 g/mol. The molecule has 2 rings (SSSR count). The van der Waals surface area contributed by atoms with Crippen LogP contribution in [0.2, 0.25) is 0 Å². The smallest absolute Gasteiger partial charge is 0.0349 e. The van der Waals surface area contributed by atoms with Gasteiger partial charge in [0.05, 0.1) is 0 Å². The van der Waals surface area contributed by atoms with Crippen molar-refractivity contribution < 1.29 is 0 Å². The molecule has 0 fully saturated rings. The Bertz CT molecular complexity index is 339. The van der Waals surface area contributed by atoms with Gasteiger partial charge in [0, 0.05) is 5.69 Å².